The van der Waals surface area contributed by atoms with E-state index in [-0.39, 0.29) is 26.3 Å². The van der Waals surface area contributed by atoms with Crippen LogP contribution in [0.1, 0.15) is 51.4 Å². The van der Waals surface area contributed by atoms with Crippen molar-refractivity contribution in [2.24, 2.45) is 0 Å². The Morgan fingerprint density at radius 3 is 1.51 bits per heavy atom. The van der Waals surface area contributed by atoms with Crippen LogP contribution in [0, 0.1) is 24.7 Å². The van der Waals surface area contributed by atoms with Crippen molar-refractivity contribution in [3.05, 3.63) is 31.5 Å². The number of aromatic nitrogens is 3. The molecule has 35 heavy (non-hydrogen) atoms. The topological polar surface area (TPSA) is 154 Å². The number of nitrogens with one attached hydrogen (secondary N) is 3. The van der Waals surface area contributed by atoms with E-state index in [1.54, 1.807) is 0 Å². The first-order valence-corrected chi connectivity index (χ1v) is 11.5. The van der Waals surface area contributed by atoms with Gasteiger partial charge in [-0.3, -0.25) is 4.98 Å². The molecule has 0 fully saturated rings. The molecule has 12 nitrogen and oxygen atoms in total. The van der Waals surface area contributed by atoms with Gasteiger partial charge in [-0.05, 0) is 25.7 Å². The maximum Gasteiger partial charge on any atom is 0.408 e. The van der Waals surface area contributed by atoms with Gasteiger partial charge in [-0.15, -0.1) is 12.8 Å². The highest BCUT2D eigenvalue weighted by atomic mass is 16.6. The van der Waals surface area contributed by atoms with E-state index in [0.717, 1.165) is 34.8 Å². The normalized spacial score (nSPS) is 10.1. The molecule has 0 bridgehead atoms. The number of nitrogens with zero attached hydrogens (tertiary/aromatic N) is 2. The number of ether oxygens (including phenoxy) is 2. The number of alkyl carbamates (subject to hydrolysis) is 2. The van der Waals surface area contributed by atoms with Gasteiger partial charge in [0.1, 0.15) is 0 Å². The van der Waals surface area contributed by atoms with Crippen LogP contribution in [0.3, 0.4) is 0 Å². The van der Waals surface area contributed by atoms with Crippen LogP contribution in [0.5, 0.6) is 0 Å². The van der Waals surface area contributed by atoms with Gasteiger partial charge in [-0.2, -0.15) is 0 Å². The molecule has 3 N–H and O–H groups in total. The molecular formula is C23H33N5O7. The average Bonchev–Trinajstić information content (AvgIpc) is 2.83. The van der Waals surface area contributed by atoms with Crippen molar-refractivity contribution in [2.45, 2.75) is 64.5 Å². The minimum Gasteiger partial charge on any atom is -0.436 e. The molecule has 0 saturated carbocycles. The molecule has 192 valence electrons. The maximum atomic E-state index is 12.6. The van der Waals surface area contributed by atoms with Crippen LogP contribution < -0.4 is 27.7 Å². The van der Waals surface area contributed by atoms with E-state index >= 15 is 0 Å². The second kappa shape index (κ2) is 17.5. The van der Waals surface area contributed by atoms with Gasteiger partial charge in [0.25, 0.3) is 0 Å². The van der Waals surface area contributed by atoms with Gasteiger partial charge in [0.2, 0.25) is 0 Å². The van der Waals surface area contributed by atoms with Gasteiger partial charge in [-0.25, -0.2) is 33.1 Å². The lowest BCUT2D eigenvalue weighted by atomic mass is 10.2. The van der Waals surface area contributed by atoms with Crippen LogP contribution in [-0.2, 0) is 22.6 Å². The molecule has 0 radical (unpaired) electrons. The van der Waals surface area contributed by atoms with Gasteiger partial charge in [-0.1, -0.05) is 37.5 Å². The third-order valence-electron chi connectivity index (χ3n) is 4.89. The highest BCUT2D eigenvalue weighted by molar-refractivity contribution is 5.67. The Morgan fingerprint density at radius 1 is 0.714 bits per heavy atom. The van der Waals surface area contributed by atoms with Crippen LogP contribution in [0.2, 0.25) is 0 Å². The molecule has 1 aromatic rings. The first-order chi connectivity index (χ1) is 16.9. The summed E-state index contributed by atoms with van der Waals surface area (Å²) < 4.78 is 11.4. The summed E-state index contributed by atoms with van der Waals surface area (Å²) in [5.41, 5.74) is -2.08. The monoisotopic (exact) mass is 491 g/mol. The Kier molecular flexibility index (Phi) is 14.6. The van der Waals surface area contributed by atoms with E-state index in [4.69, 9.17) is 12.8 Å². The summed E-state index contributed by atoms with van der Waals surface area (Å²) in [6, 6.07) is 0. The number of hydrogen-bond donors (Lipinski definition) is 3. The van der Waals surface area contributed by atoms with E-state index in [1.807, 2.05) is 0 Å². The second-order valence-electron chi connectivity index (χ2n) is 7.56. The predicted molar refractivity (Wildman–Crippen MR) is 129 cm³/mol. The first-order valence-electron chi connectivity index (χ1n) is 11.5. The maximum absolute atomic E-state index is 12.6. The lowest BCUT2D eigenvalue weighted by molar-refractivity contribution is 0.159. The minimum absolute atomic E-state index is 0.0824. The quantitative estimate of drug-likeness (QED) is 0.225. The lowest BCUT2D eigenvalue weighted by Crippen LogP contribution is -2.49. The van der Waals surface area contributed by atoms with Crippen molar-refractivity contribution in [3.63, 3.8) is 0 Å². The molecule has 0 aliphatic heterocycles. The number of aromatic amines is 1. The van der Waals surface area contributed by atoms with Gasteiger partial charge in [0.15, 0.2) is 13.2 Å². The van der Waals surface area contributed by atoms with Crippen LogP contribution in [-0.4, -0.2) is 52.6 Å². The van der Waals surface area contributed by atoms with E-state index in [9.17, 15) is 24.0 Å². The second-order valence-corrected chi connectivity index (χ2v) is 7.56. The zero-order valence-corrected chi connectivity index (χ0v) is 19.8. The van der Waals surface area contributed by atoms with Crippen LogP contribution >= 0.6 is 0 Å². The minimum atomic E-state index is -0.725. The van der Waals surface area contributed by atoms with Gasteiger partial charge < -0.3 is 20.1 Å². The van der Waals surface area contributed by atoms with Gasteiger partial charge in [0.05, 0.1) is 0 Å². The summed E-state index contributed by atoms with van der Waals surface area (Å²) in [6.45, 7) is 1.07. The van der Waals surface area contributed by atoms with E-state index in [0.29, 0.717) is 38.8 Å². The van der Waals surface area contributed by atoms with Gasteiger partial charge in [0, 0.05) is 26.2 Å². The number of unbranched alkanes of at least 4 members (excludes halogenated alkanes) is 6. The van der Waals surface area contributed by atoms with E-state index < -0.39 is 29.3 Å². The molecule has 1 rings (SSSR count). The lowest BCUT2D eigenvalue weighted by Gasteiger charge is -2.09. The summed E-state index contributed by atoms with van der Waals surface area (Å²) in [5, 5.41) is 5.14. The molecule has 2 amide bonds. The third kappa shape index (κ3) is 12.2. The first kappa shape index (κ1) is 29.1. The van der Waals surface area contributed by atoms with Crippen LogP contribution in [0.15, 0.2) is 14.4 Å². The summed E-state index contributed by atoms with van der Waals surface area (Å²) >= 11 is 0. The van der Waals surface area contributed by atoms with E-state index in [1.165, 1.54) is 0 Å². The predicted octanol–water partition coefficient (Wildman–Crippen LogP) is 0.538. The molecule has 1 aromatic heterocycles. The zero-order chi connectivity index (χ0) is 25.9. The smallest absolute Gasteiger partial charge is 0.408 e. The van der Waals surface area contributed by atoms with Crippen molar-refractivity contribution in [2.75, 3.05) is 26.3 Å². The molecule has 0 aliphatic rings. The van der Waals surface area contributed by atoms with Crippen molar-refractivity contribution in [1.29, 1.82) is 0 Å². The molecule has 0 atom stereocenters. The molecule has 12 heteroatoms. The number of carbonyl (C=O) groups excluding carboxylic acids is 2. The molecule has 1 heterocycles. The largest absolute Gasteiger partial charge is 0.436 e. The Hall–Kier alpha value is -3.93. The number of amides is 2. The molecule has 0 aliphatic carbocycles. The van der Waals surface area contributed by atoms with Crippen molar-refractivity contribution in [1.82, 2.24) is 24.8 Å². The van der Waals surface area contributed by atoms with Crippen molar-refractivity contribution in [3.8, 4) is 24.7 Å². The number of terminal acetylenes is 2. The zero-order valence-electron chi connectivity index (χ0n) is 19.8. The Morgan fingerprint density at radius 2 is 1.11 bits per heavy atom. The fraction of sp³-hybridized carbons (Fsp3) is 0.609. The number of H-pyrrole nitrogens is 1. The number of carbonyl (C=O) groups is 2. The van der Waals surface area contributed by atoms with Crippen molar-refractivity contribution < 1.29 is 19.1 Å². The molecule has 0 saturated heterocycles. The third-order valence-corrected chi connectivity index (χ3v) is 4.89. The van der Waals surface area contributed by atoms with Gasteiger partial charge >= 0.3 is 29.3 Å². The Labute approximate surface area is 203 Å². The fourth-order valence-electron chi connectivity index (χ4n) is 3.13. The highest BCUT2D eigenvalue weighted by Crippen LogP contribution is 2.01. The van der Waals surface area contributed by atoms with Crippen LogP contribution in [0.4, 0.5) is 9.59 Å². The Balaban J connectivity index is 2.35. The summed E-state index contributed by atoms with van der Waals surface area (Å²) in [4.78, 5) is 61.5. The van der Waals surface area contributed by atoms with E-state index in [2.05, 4.69) is 36.9 Å². The number of rotatable bonds is 16. The Bertz CT molecular complexity index is 979. The molecular weight excluding hydrogens is 458 g/mol. The van der Waals surface area contributed by atoms with Crippen molar-refractivity contribution >= 4 is 12.2 Å². The van der Waals surface area contributed by atoms with Crippen LogP contribution in [0.25, 0.3) is 0 Å². The molecule has 0 aromatic carbocycles. The number of hydrogen-bond acceptors (Lipinski definition) is 7. The summed E-state index contributed by atoms with van der Waals surface area (Å²) in [6.07, 6.45) is 14.4. The summed E-state index contributed by atoms with van der Waals surface area (Å²) in [7, 11) is 0. The highest BCUT2D eigenvalue weighted by Gasteiger charge is 2.09. The SMILES string of the molecule is C#CCOC(=O)NCCCCCCn1c(=O)[nH]c(=O)n(CCCCCCNC(=O)OCC#C)c1=O. The molecule has 0 spiro atoms. The summed E-state index contributed by atoms with van der Waals surface area (Å²) in [5.74, 6) is 4.39. The molecule has 0 unspecified atom stereocenters. The fourth-order valence-corrected chi connectivity index (χ4v) is 3.13. The average molecular weight is 492 g/mol. The standard InChI is InChI=1S/C23H33N5O7/c1-3-17-34-21(31)24-13-9-5-7-11-15-27-19(29)26-20(30)28(23(27)33)16-12-8-6-10-14-25-22(32)35-18-4-2/h1-2H,5-18H2,(H,24,31)(H,25,32)(H,26,29,30).